The van der Waals surface area contributed by atoms with Crippen molar-refractivity contribution in [3.8, 4) is 0 Å². The van der Waals surface area contributed by atoms with E-state index in [0.29, 0.717) is 31.0 Å². The Bertz CT molecular complexity index is 969. The van der Waals surface area contributed by atoms with Gasteiger partial charge >= 0.3 is 5.97 Å². The largest absolute Gasteiger partial charge is 0.468 e. The van der Waals surface area contributed by atoms with Crippen LogP contribution in [0.1, 0.15) is 51.7 Å². The Morgan fingerprint density at radius 3 is 2.67 bits per heavy atom. The SMILES string of the molecule is COCCCNC(=O)C[C@H]1C[C@@]2(C(=O)OC)C(=C[C@H](C(C)C)O[C@@H]2C2CC2)N(Cc2ccco2)C1=O. The number of esters is 1. The smallest absolute Gasteiger partial charge is 0.320 e. The van der Waals surface area contributed by atoms with Crippen LogP contribution in [0.5, 0.6) is 0 Å². The lowest BCUT2D eigenvalue weighted by molar-refractivity contribution is -0.182. The van der Waals surface area contributed by atoms with Gasteiger partial charge in [-0.25, -0.2) is 0 Å². The number of rotatable bonds is 11. The maximum absolute atomic E-state index is 13.9. The average molecular weight is 503 g/mol. The summed E-state index contributed by atoms with van der Waals surface area (Å²) < 4.78 is 22.6. The molecular weight excluding hydrogens is 464 g/mol. The van der Waals surface area contributed by atoms with Crippen molar-refractivity contribution >= 4 is 17.8 Å². The second-order valence-corrected chi connectivity index (χ2v) is 10.4. The lowest BCUT2D eigenvalue weighted by Crippen LogP contribution is -2.61. The molecule has 1 N–H and O–H groups in total. The molecule has 36 heavy (non-hydrogen) atoms. The molecule has 0 spiro atoms. The molecule has 0 radical (unpaired) electrons. The molecule has 1 aromatic rings. The molecule has 1 saturated heterocycles. The molecule has 3 aliphatic rings. The van der Waals surface area contributed by atoms with Crippen molar-refractivity contribution in [2.75, 3.05) is 27.4 Å². The van der Waals surface area contributed by atoms with E-state index in [2.05, 4.69) is 19.2 Å². The molecule has 0 aromatic carbocycles. The molecule has 1 aliphatic carbocycles. The molecule has 3 heterocycles. The van der Waals surface area contributed by atoms with E-state index in [1.165, 1.54) is 7.11 Å². The van der Waals surface area contributed by atoms with Crippen molar-refractivity contribution in [2.45, 2.75) is 64.7 Å². The molecule has 2 fully saturated rings. The summed E-state index contributed by atoms with van der Waals surface area (Å²) in [5.41, 5.74) is -0.544. The zero-order chi connectivity index (χ0) is 25.9. The number of ether oxygens (including phenoxy) is 3. The number of nitrogens with zero attached hydrogens (tertiary/aromatic N) is 1. The summed E-state index contributed by atoms with van der Waals surface area (Å²) in [7, 11) is 2.98. The Morgan fingerprint density at radius 2 is 2.06 bits per heavy atom. The van der Waals surface area contributed by atoms with Crippen molar-refractivity contribution in [1.29, 1.82) is 0 Å². The van der Waals surface area contributed by atoms with Crippen molar-refractivity contribution < 1.29 is 33.0 Å². The van der Waals surface area contributed by atoms with E-state index >= 15 is 0 Å². The van der Waals surface area contributed by atoms with Crippen LogP contribution in [0.15, 0.2) is 34.6 Å². The van der Waals surface area contributed by atoms with Gasteiger partial charge in [-0.3, -0.25) is 14.4 Å². The van der Waals surface area contributed by atoms with Crippen molar-refractivity contribution in [1.82, 2.24) is 10.2 Å². The van der Waals surface area contributed by atoms with E-state index in [1.54, 1.807) is 30.4 Å². The number of hydrogen-bond donors (Lipinski definition) is 1. The van der Waals surface area contributed by atoms with Gasteiger partial charge in [0.1, 0.15) is 11.2 Å². The van der Waals surface area contributed by atoms with Crippen molar-refractivity contribution in [2.24, 2.45) is 23.2 Å². The molecule has 9 nitrogen and oxygen atoms in total. The molecule has 0 bridgehead atoms. The number of piperidine rings is 1. The minimum Gasteiger partial charge on any atom is -0.468 e. The lowest BCUT2D eigenvalue weighted by Gasteiger charge is -2.52. The van der Waals surface area contributed by atoms with E-state index in [4.69, 9.17) is 18.6 Å². The zero-order valence-corrected chi connectivity index (χ0v) is 21.7. The summed E-state index contributed by atoms with van der Waals surface area (Å²) in [6, 6.07) is 3.57. The maximum atomic E-state index is 13.9. The molecular formula is C27H38N2O7. The maximum Gasteiger partial charge on any atom is 0.320 e. The second kappa shape index (κ2) is 11.2. The zero-order valence-electron chi connectivity index (χ0n) is 21.7. The van der Waals surface area contributed by atoms with Gasteiger partial charge in [0.2, 0.25) is 11.8 Å². The van der Waals surface area contributed by atoms with Crippen LogP contribution in [0.25, 0.3) is 0 Å². The van der Waals surface area contributed by atoms with Gasteiger partial charge in [-0.2, -0.15) is 0 Å². The van der Waals surface area contributed by atoms with Gasteiger partial charge in [-0.1, -0.05) is 13.8 Å². The lowest BCUT2D eigenvalue weighted by atomic mass is 9.64. The Hall–Kier alpha value is -2.65. The minimum absolute atomic E-state index is 0.0164. The van der Waals surface area contributed by atoms with Crippen LogP contribution in [0.2, 0.25) is 0 Å². The third kappa shape index (κ3) is 5.22. The topological polar surface area (TPSA) is 107 Å². The highest BCUT2D eigenvalue weighted by molar-refractivity contribution is 5.92. The molecule has 1 saturated carbocycles. The standard InChI is InChI=1S/C27H38N2O7/c1-17(2)21-14-22-27(26(32)34-4,24(36-21)18-8-9-18)15-19(13-23(30)28-10-6-11-33-3)25(31)29(22)16-20-7-5-12-35-20/h5,7,12,14,17-19,21,24H,6,8-11,13,15-16H2,1-4H3,(H,28,30)/t19-,21+,24+,27+/m0/s1. The number of fused-ring (bicyclic) bond motifs is 1. The molecule has 198 valence electrons. The first-order chi connectivity index (χ1) is 17.3. The summed E-state index contributed by atoms with van der Waals surface area (Å²) in [4.78, 5) is 42.0. The fourth-order valence-electron chi connectivity index (χ4n) is 5.51. The number of likely N-dealkylation sites (tertiary alicyclic amines) is 1. The molecule has 4 rings (SSSR count). The van der Waals surface area contributed by atoms with E-state index in [-0.39, 0.29) is 49.1 Å². The average Bonchev–Trinajstić information content (AvgIpc) is 3.58. The van der Waals surface area contributed by atoms with Crippen LogP contribution in [-0.2, 0) is 35.1 Å². The van der Waals surface area contributed by atoms with Gasteiger partial charge in [-0.15, -0.1) is 0 Å². The predicted molar refractivity (Wildman–Crippen MR) is 130 cm³/mol. The molecule has 2 aliphatic heterocycles. The molecule has 2 amide bonds. The summed E-state index contributed by atoms with van der Waals surface area (Å²) in [6.07, 6.45) is 5.57. The van der Waals surface area contributed by atoms with E-state index < -0.39 is 23.4 Å². The molecule has 4 atom stereocenters. The number of nitrogens with one attached hydrogen (secondary N) is 1. The normalized spacial score (nSPS) is 28.0. The van der Waals surface area contributed by atoms with Crippen LogP contribution in [0.4, 0.5) is 0 Å². The second-order valence-electron chi connectivity index (χ2n) is 10.4. The Kier molecular flexibility index (Phi) is 8.20. The van der Waals surface area contributed by atoms with Gasteiger partial charge in [0.15, 0.2) is 0 Å². The number of carbonyl (C=O) groups excluding carboxylic acids is 3. The van der Waals surface area contributed by atoms with Gasteiger partial charge in [0.05, 0.1) is 32.1 Å². The van der Waals surface area contributed by atoms with Gasteiger partial charge < -0.3 is 28.8 Å². The predicted octanol–water partition coefficient (Wildman–Crippen LogP) is 3.05. The summed E-state index contributed by atoms with van der Waals surface area (Å²) in [6.45, 7) is 5.30. The highest BCUT2D eigenvalue weighted by Crippen LogP contribution is 2.56. The first kappa shape index (κ1) is 26.4. The third-order valence-electron chi connectivity index (χ3n) is 7.47. The Balaban J connectivity index is 1.72. The van der Waals surface area contributed by atoms with Crippen LogP contribution >= 0.6 is 0 Å². The quantitative estimate of drug-likeness (QED) is 0.366. The molecule has 1 aromatic heterocycles. The number of carbonyl (C=O) groups is 3. The third-order valence-corrected chi connectivity index (χ3v) is 7.47. The number of methoxy groups -OCH3 is 2. The monoisotopic (exact) mass is 502 g/mol. The fourth-order valence-corrected chi connectivity index (χ4v) is 5.51. The number of hydrogen-bond acceptors (Lipinski definition) is 7. The van der Waals surface area contributed by atoms with Crippen molar-refractivity contribution in [3.05, 3.63) is 35.9 Å². The highest BCUT2D eigenvalue weighted by atomic mass is 16.5. The number of amides is 2. The van der Waals surface area contributed by atoms with Crippen LogP contribution in [0.3, 0.4) is 0 Å². The van der Waals surface area contributed by atoms with Gasteiger partial charge in [-0.05, 0) is 55.7 Å². The summed E-state index contributed by atoms with van der Waals surface area (Å²) in [5.74, 6) is -0.572. The highest BCUT2D eigenvalue weighted by Gasteiger charge is 2.63. The van der Waals surface area contributed by atoms with Crippen LogP contribution < -0.4 is 5.32 Å². The molecule has 0 unspecified atom stereocenters. The summed E-state index contributed by atoms with van der Waals surface area (Å²) >= 11 is 0. The molecule has 9 heteroatoms. The first-order valence-corrected chi connectivity index (χ1v) is 12.9. The first-order valence-electron chi connectivity index (χ1n) is 12.9. The Morgan fingerprint density at radius 1 is 1.28 bits per heavy atom. The van der Waals surface area contributed by atoms with Crippen LogP contribution in [-0.4, -0.2) is 62.3 Å². The van der Waals surface area contributed by atoms with Gasteiger partial charge in [0.25, 0.3) is 0 Å². The van der Waals surface area contributed by atoms with Crippen molar-refractivity contribution in [3.63, 3.8) is 0 Å². The van der Waals surface area contributed by atoms with E-state index in [1.807, 2.05) is 6.08 Å². The minimum atomic E-state index is -1.16. The fraction of sp³-hybridized carbons (Fsp3) is 0.667. The van der Waals surface area contributed by atoms with E-state index in [0.717, 1.165) is 12.8 Å². The van der Waals surface area contributed by atoms with E-state index in [9.17, 15) is 14.4 Å². The number of furan rings is 1. The van der Waals surface area contributed by atoms with Gasteiger partial charge in [0, 0.05) is 38.3 Å². The Labute approximate surface area is 212 Å². The van der Waals surface area contributed by atoms with Crippen LogP contribution in [0, 0.1) is 23.2 Å². The summed E-state index contributed by atoms with van der Waals surface area (Å²) in [5, 5.41) is 2.87.